The van der Waals surface area contributed by atoms with Crippen molar-refractivity contribution < 1.29 is 13.2 Å². The number of hydrogen-bond donors (Lipinski definition) is 2. The van der Waals surface area contributed by atoms with Crippen molar-refractivity contribution in [1.29, 1.82) is 0 Å². The van der Waals surface area contributed by atoms with Crippen LogP contribution in [0.2, 0.25) is 0 Å². The summed E-state index contributed by atoms with van der Waals surface area (Å²) < 4.78 is 32.4. The van der Waals surface area contributed by atoms with E-state index >= 15 is 0 Å². The van der Waals surface area contributed by atoms with E-state index < -0.39 is 10.0 Å². The molecule has 1 aromatic rings. The summed E-state index contributed by atoms with van der Waals surface area (Å²) in [7, 11) is -1.87. The van der Waals surface area contributed by atoms with Crippen LogP contribution in [0, 0.1) is 12.3 Å². The lowest BCUT2D eigenvalue weighted by molar-refractivity contribution is 0.153. The van der Waals surface area contributed by atoms with Crippen molar-refractivity contribution in [2.24, 2.45) is 11.1 Å². The molecule has 0 aliphatic rings. The molecule has 3 N–H and O–H groups in total. The molecule has 0 heterocycles. The summed E-state index contributed by atoms with van der Waals surface area (Å²) in [5.74, 6) is 0. The molecule has 0 saturated carbocycles. The van der Waals surface area contributed by atoms with Crippen LogP contribution in [-0.4, -0.2) is 28.7 Å². The minimum absolute atomic E-state index is 0.162. The summed E-state index contributed by atoms with van der Waals surface area (Å²) in [5.41, 5.74) is 7.31. The third-order valence-electron chi connectivity index (χ3n) is 3.57. The first-order chi connectivity index (χ1) is 9.72. The van der Waals surface area contributed by atoms with Crippen molar-refractivity contribution in [3.8, 4) is 0 Å². The maximum atomic E-state index is 12.3. The molecule has 1 rings (SSSR count). The fourth-order valence-corrected chi connectivity index (χ4v) is 3.17. The monoisotopic (exact) mass is 314 g/mol. The lowest BCUT2D eigenvalue weighted by Crippen LogP contribution is -2.34. The molecule has 0 radical (unpaired) electrons. The van der Waals surface area contributed by atoms with E-state index in [0.717, 1.165) is 17.5 Å². The van der Waals surface area contributed by atoms with Crippen LogP contribution < -0.4 is 10.5 Å². The molecule has 5 nitrogen and oxygen atoms in total. The van der Waals surface area contributed by atoms with Gasteiger partial charge in [-0.1, -0.05) is 19.9 Å². The van der Waals surface area contributed by atoms with Gasteiger partial charge in [0, 0.05) is 26.8 Å². The fourth-order valence-electron chi connectivity index (χ4n) is 1.88. The highest BCUT2D eigenvalue weighted by Gasteiger charge is 2.22. The number of nitrogens with one attached hydrogen (secondary N) is 1. The fraction of sp³-hybridized carbons (Fsp3) is 0.600. The van der Waals surface area contributed by atoms with Crippen molar-refractivity contribution in [2.45, 2.75) is 38.6 Å². The molecule has 120 valence electrons. The molecule has 21 heavy (non-hydrogen) atoms. The summed E-state index contributed by atoms with van der Waals surface area (Å²) in [6.45, 7) is 7.24. The van der Waals surface area contributed by atoms with Gasteiger partial charge in [-0.3, -0.25) is 0 Å². The van der Waals surface area contributed by atoms with Crippen molar-refractivity contribution in [1.82, 2.24) is 4.72 Å². The van der Waals surface area contributed by atoms with Crippen LogP contribution >= 0.6 is 0 Å². The summed E-state index contributed by atoms with van der Waals surface area (Å²) in [5, 5.41) is 0. The first-order valence-electron chi connectivity index (χ1n) is 7.00. The second-order valence-corrected chi connectivity index (χ2v) is 7.79. The Balaban J connectivity index is 2.82. The molecular weight excluding hydrogens is 288 g/mol. The Morgan fingerprint density at radius 3 is 2.57 bits per heavy atom. The van der Waals surface area contributed by atoms with E-state index in [1.165, 1.54) is 0 Å². The minimum Gasteiger partial charge on any atom is -0.385 e. The molecule has 0 unspecified atom stereocenters. The quantitative estimate of drug-likeness (QED) is 0.766. The van der Waals surface area contributed by atoms with E-state index in [-0.39, 0.29) is 10.3 Å². The number of benzene rings is 1. The lowest BCUT2D eigenvalue weighted by Gasteiger charge is -2.24. The summed E-state index contributed by atoms with van der Waals surface area (Å²) in [4.78, 5) is 0.260. The number of methoxy groups -OCH3 is 1. The van der Waals surface area contributed by atoms with Crippen molar-refractivity contribution >= 4 is 10.0 Å². The second kappa shape index (κ2) is 7.35. The van der Waals surface area contributed by atoms with Gasteiger partial charge in [-0.25, -0.2) is 13.1 Å². The van der Waals surface area contributed by atoms with Gasteiger partial charge in [0.2, 0.25) is 10.0 Å². The molecule has 0 spiro atoms. The van der Waals surface area contributed by atoms with Gasteiger partial charge in [-0.15, -0.1) is 0 Å². The summed E-state index contributed by atoms with van der Waals surface area (Å²) >= 11 is 0. The van der Waals surface area contributed by atoms with Crippen LogP contribution in [0.1, 0.15) is 31.4 Å². The van der Waals surface area contributed by atoms with E-state index in [2.05, 4.69) is 4.72 Å². The van der Waals surface area contributed by atoms with Gasteiger partial charge in [0.1, 0.15) is 0 Å². The van der Waals surface area contributed by atoms with Crippen LogP contribution in [-0.2, 0) is 21.3 Å². The molecule has 0 atom stereocenters. The average molecular weight is 314 g/mol. The number of rotatable bonds is 8. The van der Waals surface area contributed by atoms with Gasteiger partial charge in [-0.05, 0) is 42.0 Å². The van der Waals surface area contributed by atoms with Crippen LogP contribution in [0.4, 0.5) is 0 Å². The number of aryl methyl sites for hydroxylation is 1. The first kappa shape index (κ1) is 18.1. The van der Waals surface area contributed by atoms with E-state index in [4.69, 9.17) is 10.5 Å². The standard InChI is InChI=1S/C15H26N2O3S/c1-12-5-6-14(9-13(12)10-16)21(18,19)17-11-15(2,3)7-8-20-4/h5-6,9,17H,7-8,10-11,16H2,1-4H3. The topological polar surface area (TPSA) is 81.4 Å². The Morgan fingerprint density at radius 2 is 2.00 bits per heavy atom. The Hall–Kier alpha value is -0.950. The molecule has 0 fully saturated rings. The van der Waals surface area contributed by atoms with Crippen molar-refractivity contribution in [3.63, 3.8) is 0 Å². The van der Waals surface area contributed by atoms with Crippen molar-refractivity contribution in [2.75, 3.05) is 20.3 Å². The largest absolute Gasteiger partial charge is 0.385 e. The molecular formula is C15H26N2O3S. The SMILES string of the molecule is COCCC(C)(C)CNS(=O)(=O)c1ccc(C)c(CN)c1. The van der Waals surface area contributed by atoms with Crippen LogP contribution in [0.5, 0.6) is 0 Å². The normalized spacial score (nSPS) is 12.6. The number of ether oxygens (including phenoxy) is 1. The Morgan fingerprint density at radius 1 is 1.33 bits per heavy atom. The maximum absolute atomic E-state index is 12.3. The highest BCUT2D eigenvalue weighted by molar-refractivity contribution is 7.89. The van der Waals surface area contributed by atoms with Gasteiger partial charge in [0.15, 0.2) is 0 Å². The number of hydrogen-bond acceptors (Lipinski definition) is 4. The highest BCUT2D eigenvalue weighted by atomic mass is 32.2. The molecule has 0 amide bonds. The van der Waals surface area contributed by atoms with E-state index in [0.29, 0.717) is 19.7 Å². The molecule has 0 aromatic heterocycles. The van der Waals surface area contributed by atoms with Crippen LogP contribution in [0.15, 0.2) is 23.1 Å². The Kier molecular flexibility index (Phi) is 6.34. The lowest BCUT2D eigenvalue weighted by atomic mass is 9.90. The number of nitrogens with two attached hydrogens (primary N) is 1. The van der Waals surface area contributed by atoms with E-state index in [9.17, 15) is 8.42 Å². The third-order valence-corrected chi connectivity index (χ3v) is 4.97. The van der Waals surface area contributed by atoms with Gasteiger partial charge >= 0.3 is 0 Å². The predicted octanol–water partition coefficient (Wildman–Crippen LogP) is 1.79. The summed E-state index contributed by atoms with van der Waals surface area (Å²) in [6.07, 6.45) is 0.786. The molecule has 0 bridgehead atoms. The molecule has 1 aromatic carbocycles. The number of sulfonamides is 1. The molecule has 0 aliphatic carbocycles. The second-order valence-electron chi connectivity index (χ2n) is 6.02. The zero-order chi connectivity index (χ0) is 16.1. The molecule has 0 aliphatic heterocycles. The Bertz CT molecular complexity index is 568. The maximum Gasteiger partial charge on any atom is 0.240 e. The third kappa shape index (κ3) is 5.39. The van der Waals surface area contributed by atoms with E-state index in [1.807, 2.05) is 20.8 Å². The minimum atomic E-state index is -3.51. The molecule has 6 heteroatoms. The molecule has 0 saturated heterocycles. The first-order valence-corrected chi connectivity index (χ1v) is 8.48. The van der Waals surface area contributed by atoms with E-state index in [1.54, 1.807) is 25.3 Å². The van der Waals surface area contributed by atoms with Crippen LogP contribution in [0.3, 0.4) is 0 Å². The van der Waals surface area contributed by atoms with Crippen molar-refractivity contribution in [3.05, 3.63) is 29.3 Å². The predicted molar refractivity (Wildman–Crippen MR) is 84.5 cm³/mol. The average Bonchev–Trinajstić information content (AvgIpc) is 2.44. The van der Waals surface area contributed by atoms with Gasteiger partial charge < -0.3 is 10.5 Å². The zero-order valence-electron chi connectivity index (χ0n) is 13.3. The van der Waals surface area contributed by atoms with Gasteiger partial charge in [0.25, 0.3) is 0 Å². The highest BCUT2D eigenvalue weighted by Crippen LogP contribution is 2.21. The zero-order valence-corrected chi connectivity index (χ0v) is 14.1. The van der Waals surface area contributed by atoms with Gasteiger partial charge in [0.05, 0.1) is 4.90 Å². The Labute approximate surface area is 127 Å². The van der Waals surface area contributed by atoms with Gasteiger partial charge in [-0.2, -0.15) is 0 Å². The smallest absolute Gasteiger partial charge is 0.240 e. The summed E-state index contributed by atoms with van der Waals surface area (Å²) in [6, 6.07) is 5.03. The van der Waals surface area contributed by atoms with Crippen LogP contribution in [0.25, 0.3) is 0 Å².